The van der Waals surface area contributed by atoms with Gasteiger partial charge in [-0.05, 0) is 18.8 Å². The van der Waals surface area contributed by atoms with E-state index in [1.54, 1.807) is 6.20 Å². The summed E-state index contributed by atoms with van der Waals surface area (Å²) in [5, 5.41) is 0.562. The van der Waals surface area contributed by atoms with Gasteiger partial charge in [0.15, 0.2) is 5.13 Å². The molecular weight excluding hydrogens is 254 g/mol. The fraction of sp³-hybridized carbons (Fsp3) is 0.636. The van der Waals surface area contributed by atoms with Gasteiger partial charge in [-0.25, -0.2) is 4.98 Å². The Labute approximate surface area is 110 Å². The monoisotopic (exact) mass is 271 g/mol. The van der Waals surface area contributed by atoms with E-state index in [0.717, 1.165) is 36.1 Å². The first kappa shape index (κ1) is 12.7. The largest absolute Gasteiger partial charge is 0.375 e. The number of nitrogens with zero attached hydrogens (tertiary/aromatic N) is 2. The van der Waals surface area contributed by atoms with E-state index < -0.39 is 0 Å². The highest BCUT2D eigenvalue weighted by Crippen LogP contribution is 2.27. The predicted molar refractivity (Wildman–Crippen MR) is 72.2 cm³/mol. The van der Waals surface area contributed by atoms with Crippen LogP contribution in [0, 0.1) is 5.92 Å². The summed E-state index contributed by atoms with van der Waals surface area (Å²) in [7, 11) is 0. The molecule has 1 aromatic heterocycles. The van der Waals surface area contributed by atoms with Gasteiger partial charge in [-0.15, -0.1) is 11.8 Å². The lowest BCUT2D eigenvalue weighted by molar-refractivity contribution is -0.129. The Bertz CT molecular complexity index is 386. The van der Waals surface area contributed by atoms with Crippen molar-refractivity contribution in [2.75, 3.05) is 24.6 Å². The van der Waals surface area contributed by atoms with Crippen molar-refractivity contribution in [3.63, 3.8) is 0 Å². The highest BCUT2D eigenvalue weighted by atomic mass is 32.2. The third kappa shape index (κ3) is 3.61. The minimum absolute atomic E-state index is 0.230. The second-order valence-electron chi connectivity index (χ2n) is 4.37. The summed E-state index contributed by atoms with van der Waals surface area (Å²) in [6, 6.07) is 0. The van der Waals surface area contributed by atoms with Crippen LogP contribution in [0.4, 0.5) is 5.13 Å². The lowest BCUT2D eigenvalue weighted by Crippen LogP contribution is -2.38. The average Bonchev–Trinajstić information content (AvgIpc) is 2.73. The molecule has 0 radical (unpaired) electrons. The second kappa shape index (κ2) is 5.73. The summed E-state index contributed by atoms with van der Waals surface area (Å²) >= 11 is 2.96. The van der Waals surface area contributed by atoms with Gasteiger partial charge in [-0.3, -0.25) is 4.79 Å². The van der Waals surface area contributed by atoms with Crippen LogP contribution >= 0.6 is 23.1 Å². The van der Waals surface area contributed by atoms with E-state index in [0.29, 0.717) is 10.9 Å². The number of rotatable bonds is 3. The van der Waals surface area contributed by atoms with E-state index in [2.05, 4.69) is 11.9 Å². The molecule has 1 aliphatic rings. The van der Waals surface area contributed by atoms with Crippen LogP contribution < -0.4 is 5.73 Å². The molecule has 1 amide bonds. The van der Waals surface area contributed by atoms with Crippen molar-refractivity contribution in [1.82, 2.24) is 9.88 Å². The molecule has 4 nitrogen and oxygen atoms in total. The third-order valence-corrected chi connectivity index (χ3v) is 4.98. The van der Waals surface area contributed by atoms with E-state index >= 15 is 0 Å². The first-order valence-corrected chi connectivity index (χ1v) is 7.57. The minimum atomic E-state index is 0.230. The van der Waals surface area contributed by atoms with Crippen LogP contribution in [0.3, 0.4) is 0 Å². The van der Waals surface area contributed by atoms with Crippen LogP contribution in [-0.2, 0) is 4.79 Å². The molecule has 94 valence electrons. The van der Waals surface area contributed by atoms with Crippen LogP contribution in [0.25, 0.3) is 0 Å². The Morgan fingerprint density at radius 2 is 2.35 bits per heavy atom. The standard InChI is InChI=1S/C11H17N3OS2/c1-8-2-4-14(5-3-8)9(15)7-16-10-6-13-11(12)17-10/h6,8H,2-5,7H2,1H3,(H2,12,13). The maximum Gasteiger partial charge on any atom is 0.232 e. The van der Waals surface area contributed by atoms with E-state index in [1.807, 2.05) is 4.90 Å². The molecule has 0 bridgehead atoms. The Hall–Kier alpha value is -0.750. The van der Waals surface area contributed by atoms with Crippen molar-refractivity contribution in [2.24, 2.45) is 5.92 Å². The number of hydrogen-bond acceptors (Lipinski definition) is 5. The molecule has 0 aliphatic carbocycles. The quantitative estimate of drug-likeness (QED) is 0.855. The molecule has 0 aromatic carbocycles. The van der Waals surface area contributed by atoms with Gasteiger partial charge in [0.25, 0.3) is 0 Å². The Balaban J connectivity index is 1.77. The maximum atomic E-state index is 11.9. The first-order valence-electron chi connectivity index (χ1n) is 5.77. The molecule has 1 saturated heterocycles. The van der Waals surface area contributed by atoms with Gasteiger partial charge >= 0.3 is 0 Å². The minimum Gasteiger partial charge on any atom is -0.375 e. The molecular formula is C11H17N3OS2. The molecule has 1 aromatic rings. The van der Waals surface area contributed by atoms with Crippen molar-refractivity contribution in [3.8, 4) is 0 Å². The average molecular weight is 271 g/mol. The van der Waals surface area contributed by atoms with Crippen molar-refractivity contribution in [2.45, 2.75) is 24.0 Å². The Morgan fingerprint density at radius 1 is 1.65 bits per heavy atom. The second-order valence-corrected chi connectivity index (χ2v) is 6.71. The fourth-order valence-corrected chi connectivity index (χ4v) is 3.48. The number of likely N-dealkylation sites (tertiary alicyclic amines) is 1. The zero-order chi connectivity index (χ0) is 12.3. The number of anilines is 1. The molecule has 2 N–H and O–H groups in total. The van der Waals surface area contributed by atoms with Gasteiger partial charge in [0.2, 0.25) is 5.91 Å². The Kier molecular flexibility index (Phi) is 4.28. The molecule has 6 heteroatoms. The lowest BCUT2D eigenvalue weighted by atomic mass is 9.99. The number of thiazole rings is 1. The van der Waals surface area contributed by atoms with Gasteiger partial charge in [0.1, 0.15) is 0 Å². The van der Waals surface area contributed by atoms with Crippen LogP contribution in [0.2, 0.25) is 0 Å². The molecule has 2 rings (SSSR count). The smallest absolute Gasteiger partial charge is 0.232 e. The van der Waals surface area contributed by atoms with Gasteiger partial charge in [0, 0.05) is 13.1 Å². The summed E-state index contributed by atoms with van der Waals surface area (Å²) < 4.78 is 1.02. The van der Waals surface area contributed by atoms with E-state index in [1.165, 1.54) is 23.1 Å². The Morgan fingerprint density at radius 3 is 2.94 bits per heavy atom. The maximum absolute atomic E-state index is 11.9. The number of piperidine rings is 1. The number of carbonyl (C=O) groups excluding carboxylic acids is 1. The molecule has 2 heterocycles. The zero-order valence-corrected chi connectivity index (χ0v) is 11.5. The highest BCUT2D eigenvalue weighted by Gasteiger charge is 2.20. The fourth-order valence-electron chi connectivity index (χ4n) is 1.82. The van der Waals surface area contributed by atoms with E-state index in [4.69, 9.17) is 5.73 Å². The number of thioether (sulfide) groups is 1. The van der Waals surface area contributed by atoms with E-state index in [-0.39, 0.29) is 5.91 Å². The third-order valence-electron chi connectivity index (χ3n) is 2.98. The number of nitrogen functional groups attached to an aromatic ring is 1. The van der Waals surface area contributed by atoms with Gasteiger partial charge in [-0.1, -0.05) is 18.3 Å². The van der Waals surface area contributed by atoms with Gasteiger partial charge in [-0.2, -0.15) is 0 Å². The lowest BCUT2D eigenvalue weighted by Gasteiger charge is -2.30. The number of amides is 1. The first-order chi connectivity index (χ1) is 8.15. The molecule has 1 aliphatic heterocycles. The van der Waals surface area contributed by atoms with Crippen molar-refractivity contribution < 1.29 is 4.79 Å². The van der Waals surface area contributed by atoms with Crippen molar-refractivity contribution in [3.05, 3.63) is 6.20 Å². The summed E-state index contributed by atoms with van der Waals surface area (Å²) in [4.78, 5) is 17.9. The normalized spacial score (nSPS) is 17.4. The van der Waals surface area contributed by atoms with E-state index in [9.17, 15) is 4.79 Å². The molecule has 0 spiro atoms. The number of carbonyl (C=O) groups is 1. The number of hydrogen-bond donors (Lipinski definition) is 1. The van der Waals surface area contributed by atoms with Crippen LogP contribution in [0.5, 0.6) is 0 Å². The molecule has 17 heavy (non-hydrogen) atoms. The number of nitrogens with two attached hydrogens (primary N) is 1. The number of aromatic nitrogens is 1. The van der Waals surface area contributed by atoms with Gasteiger partial charge in [0.05, 0.1) is 16.2 Å². The van der Waals surface area contributed by atoms with Crippen molar-refractivity contribution >= 4 is 34.1 Å². The molecule has 0 atom stereocenters. The van der Waals surface area contributed by atoms with Crippen LogP contribution in [0.1, 0.15) is 19.8 Å². The summed E-state index contributed by atoms with van der Waals surface area (Å²) in [6.45, 7) is 4.06. The summed E-state index contributed by atoms with van der Waals surface area (Å²) in [5.41, 5.74) is 5.54. The SMILES string of the molecule is CC1CCN(C(=O)CSc2cnc(N)s2)CC1. The summed E-state index contributed by atoms with van der Waals surface area (Å²) in [5.74, 6) is 1.48. The van der Waals surface area contributed by atoms with Crippen molar-refractivity contribution in [1.29, 1.82) is 0 Å². The summed E-state index contributed by atoms with van der Waals surface area (Å²) in [6.07, 6.45) is 3.99. The van der Waals surface area contributed by atoms with Crippen LogP contribution in [-0.4, -0.2) is 34.6 Å². The highest BCUT2D eigenvalue weighted by molar-refractivity contribution is 8.01. The molecule has 1 fully saturated rings. The van der Waals surface area contributed by atoms with Crippen LogP contribution in [0.15, 0.2) is 10.4 Å². The molecule has 0 saturated carbocycles. The predicted octanol–water partition coefficient (Wildman–Crippen LogP) is 2.08. The molecule has 0 unspecified atom stereocenters. The topological polar surface area (TPSA) is 59.2 Å². The zero-order valence-electron chi connectivity index (χ0n) is 9.89. The van der Waals surface area contributed by atoms with Gasteiger partial charge < -0.3 is 10.6 Å².